The highest BCUT2D eigenvalue weighted by Crippen LogP contribution is 2.05. The zero-order valence-corrected chi connectivity index (χ0v) is 10.4. The zero-order chi connectivity index (χ0) is 11.9. The van der Waals surface area contributed by atoms with Crippen LogP contribution in [-0.4, -0.2) is 22.7 Å². The van der Waals surface area contributed by atoms with Crippen LogP contribution in [0.15, 0.2) is 41.2 Å². The van der Waals surface area contributed by atoms with E-state index in [1.165, 1.54) is 5.56 Å². The van der Waals surface area contributed by atoms with Gasteiger partial charge in [-0.05, 0) is 12.0 Å². The van der Waals surface area contributed by atoms with Gasteiger partial charge in [0.1, 0.15) is 0 Å². The molecule has 1 aromatic carbocycles. The number of aliphatic hydroxyl groups is 1. The Morgan fingerprint density at radius 1 is 1.29 bits per heavy atom. The van der Waals surface area contributed by atoms with Crippen molar-refractivity contribution in [1.29, 1.82) is 0 Å². The maximum Gasteiger partial charge on any atom is 0.0795 e. The third-order valence-corrected chi connectivity index (χ3v) is 3.24. The van der Waals surface area contributed by atoms with E-state index in [0.717, 1.165) is 12.1 Å². The van der Waals surface area contributed by atoms with Crippen molar-refractivity contribution in [2.45, 2.75) is 19.0 Å². The van der Waals surface area contributed by atoms with E-state index < -0.39 is 0 Å². The number of benzene rings is 1. The van der Waals surface area contributed by atoms with Crippen molar-refractivity contribution >= 4 is 11.3 Å². The molecule has 0 aliphatic rings. The molecule has 0 saturated carbocycles. The molecule has 90 valence electrons. The van der Waals surface area contributed by atoms with Gasteiger partial charge in [0, 0.05) is 18.0 Å². The van der Waals surface area contributed by atoms with Gasteiger partial charge in [0.15, 0.2) is 0 Å². The number of hydrogen-bond donors (Lipinski definition) is 2. The highest BCUT2D eigenvalue weighted by Gasteiger charge is 2.08. The van der Waals surface area contributed by atoms with Crippen LogP contribution in [0.1, 0.15) is 11.3 Å². The van der Waals surface area contributed by atoms with Crippen molar-refractivity contribution in [2.75, 3.05) is 6.61 Å². The Kier molecular flexibility index (Phi) is 4.67. The van der Waals surface area contributed by atoms with Gasteiger partial charge in [0.25, 0.3) is 0 Å². The number of aliphatic hydroxyl groups excluding tert-OH is 1. The minimum atomic E-state index is 0.0825. The van der Waals surface area contributed by atoms with E-state index in [1.54, 1.807) is 11.3 Å². The van der Waals surface area contributed by atoms with Crippen LogP contribution < -0.4 is 5.32 Å². The molecule has 1 heterocycles. The second-order valence-corrected chi connectivity index (χ2v) is 4.65. The fourth-order valence-electron chi connectivity index (χ4n) is 1.67. The van der Waals surface area contributed by atoms with Crippen LogP contribution in [0.2, 0.25) is 0 Å². The van der Waals surface area contributed by atoms with Gasteiger partial charge < -0.3 is 10.4 Å². The molecule has 0 aliphatic heterocycles. The minimum absolute atomic E-state index is 0.0825. The smallest absolute Gasteiger partial charge is 0.0795 e. The highest BCUT2D eigenvalue weighted by atomic mass is 32.1. The largest absolute Gasteiger partial charge is 0.395 e. The first kappa shape index (κ1) is 12.2. The van der Waals surface area contributed by atoms with E-state index in [4.69, 9.17) is 0 Å². The fourth-order valence-corrected chi connectivity index (χ4v) is 2.23. The van der Waals surface area contributed by atoms with Gasteiger partial charge in [-0.15, -0.1) is 11.3 Å². The van der Waals surface area contributed by atoms with Crippen LogP contribution >= 0.6 is 11.3 Å². The Balaban J connectivity index is 1.85. The lowest BCUT2D eigenvalue weighted by molar-refractivity contribution is 0.240. The van der Waals surface area contributed by atoms with Crippen LogP contribution in [-0.2, 0) is 13.0 Å². The van der Waals surface area contributed by atoms with E-state index >= 15 is 0 Å². The van der Waals surface area contributed by atoms with Gasteiger partial charge in [-0.3, -0.25) is 0 Å². The molecule has 1 aromatic heterocycles. The van der Waals surface area contributed by atoms with Crippen molar-refractivity contribution in [1.82, 2.24) is 10.3 Å². The molecule has 0 unspecified atom stereocenters. The summed E-state index contributed by atoms with van der Waals surface area (Å²) in [5.41, 5.74) is 4.08. The first-order chi connectivity index (χ1) is 8.38. The maximum atomic E-state index is 9.34. The molecule has 2 N–H and O–H groups in total. The lowest BCUT2D eigenvalue weighted by Gasteiger charge is -2.15. The molecular formula is C13H16N2OS. The predicted octanol–water partition coefficient (Wildman–Crippen LogP) is 1.84. The highest BCUT2D eigenvalue weighted by molar-refractivity contribution is 7.07. The minimum Gasteiger partial charge on any atom is -0.395 e. The molecule has 0 spiro atoms. The molecule has 0 amide bonds. The van der Waals surface area contributed by atoms with Crippen LogP contribution in [0, 0.1) is 0 Å². The van der Waals surface area contributed by atoms with Gasteiger partial charge in [0.05, 0.1) is 17.8 Å². The molecule has 0 aliphatic carbocycles. The summed E-state index contributed by atoms with van der Waals surface area (Å²) in [5.74, 6) is 0. The van der Waals surface area contributed by atoms with E-state index in [2.05, 4.69) is 22.4 Å². The monoisotopic (exact) mass is 248 g/mol. The Morgan fingerprint density at radius 2 is 2.12 bits per heavy atom. The van der Waals surface area contributed by atoms with Gasteiger partial charge in [0.2, 0.25) is 0 Å². The van der Waals surface area contributed by atoms with E-state index in [0.29, 0.717) is 6.54 Å². The number of rotatable bonds is 6. The van der Waals surface area contributed by atoms with Crippen molar-refractivity contribution in [2.24, 2.45) is 0 Å². The third kappa shape index (κ3) is 3.93. The fraction of sp³-hybridized carbons (Fsp3) is 0.308. The van der Waals surface area contributed by atoms with Crippen molar-refractivity contribution < 1.29 is 5.11 Å². The van der Waals surface area contributed by atoms with E-state index in [-0.39, 0.29) is 12.6 Å². The Labute approximate surface area is 105 Å². The molecule has 2 aromatic rings. The maximum absolute atomic E-state index is 9.34. The molecule has 0 bridgehead atoms. The first-order valence-corrected chi connectivity index (χ1v) is 6.58. The van der Waals surface area contributed by atoms with Crippen LogP contribution in [0.25, 0.3) is 0 Å². The molecule has 0 saturated heterocycles. The van der Waals surface area contributed by atoms with E-state index in [1.807, 2.05) is 29.1 Å². The molecule has 2 rings (SSSR count). The first-order valence-electron chi connectivity index (χ1n) is 5.63. The van der Waals surface area contributed by atoms with Gasteiger partial charge in [-0.25, -0.2) is 4.98 Å². The second kappa shape index (κ2) is 6.49. The Hall–Kier alpha value is -1.23. The number of thiazole rings is 1. The second-order valence-electron chi connectivity index (χ2n) is 3.93. The summed E-state index contributed by atoms with van der Waals surface area (Å²) in [6.45, 7) is 0.848. The summed E-state index contributed by atoms with van der Waals surface area (Å²) < 4.78 is 0. The Morgan fingerprint density at radius 3 is 2.76 bits per heavy atom. The van der Waals surface area contributed by atoms with Gasteiger partial charge >= 0.3 is 0 Å². The van der Waals surface area contributed by atoms with Crippen LogP contribution in [0.5, 0.6) is 0 Å². The lowest BCUT2D eigenvalue weighted by atomic mass is 10.1. The summed E-state index contributed by atoms with van der Waals surface area (Å²) in [6.07, 6.45) is 0.835. The number of aromatic nitrogens is 1. The predicted molar refractivity (Wildman–Crippen MR) is 70.0 cm³/mol. The molecule has 0 radical (unpaired) electrons. The van der Waals surface area contributed by atoms with Gasteiger partial charge in [-0.1, -0.05) is 30.3 Å². The summed E-state index contributed by atoms with van der Waals surface area (Å²) in [6, 6.07) is 10.3. The SMILES string of the molecule is OC[C@H](Cc1ccccc1)NCc1cscn1. The normalized spacial score (nSPS) is 12.5. The summed E-state index contributed by atoms with van der Waals surface area (Å²) >= 11 is 1.59. The Bertz CT molecular complexity index is 416. The third-order valence-electron chi connectivity index (χ3n) is 2.60. The number of nitrogens with one attached hydrogen (secondary N) is 1. The average Bonchev–Trinajstić information content (AvgIpc) is 2.89. The topological polar surface area (TPSA) is 45.1 Å². The standard InChI is InChI=1S/C13H16N2OS/c16-8-12(6-11-4-2-1-3-5-11)14-7-13-9-17-10-15-13/h1-5,9-10,12,14,16H,6-8H2/t12-/m0/s1. The molecule has 4 heteroatoms. The van der Waals surface area contributed by atoms with Crippen molar-refractivity contribution in [3.8, 4) is 0 Å². The zero-order valence-electron chi connectivity index (χ0n) is 9.54. The van der Waals surface area contributed by atoms with E-state index in [9.17, 15) is 5.11 Å². The summed E-state index contributed by atoms with van der Waals surface area (Å²) in [4.78, 5) is 4.20. The molecular weight excluding hydrogens is 232 g/mol. The molecule has 17 heavy (non-hydrogen) atoms. The van der Waals surface area contributed by atoms with Crippen molar-refractivity contribution in [3.05, 3.63) is 52.5 Å². The average molecular weight is 248 g/mol. The molecule has 3 nitrogen and oxygen atoms in total. The number of nitrogens with zero attached hydrogens (tertiary/aromatic N) is 1. The molecule has 1 atom stereocenters. The van der Waals surface area contributed by atoms with Crippen LogP contribution in [0.3, 0.4) is 0 Å². The quantitative estimate of drug-likeness (QED) is 0.820. The summed E-state index contributed by atoms with van der Waals surface area (Å²) in [7, 11) is 0. The van der Waals surface area contributed by atoms with Gasteiger partial charge in [-0.2, -0.15) is 0 Å². The lowest BCUT2D eigenvalue weighted by Crippen LogP contribution is -2.34. The van der Waals surface area contributed by atoms with Crippen LogP contribution in [0.4, 0.5) is 0 Å². The summed E-state index contributed by atoms with van der Waals surface area (Å²) in [5, 5.41) is 14.7. The molecule has 0 fully saturated rings. The number of hydrogen-bond acceptors (Lipinski definition) is 4. The van der Waals surface area contributed by atoms with Crippen molar-refractivity contribution in [3.63, 3.8) is 0 Å².